The van der Waals surface area contributed by atoms with E-state index in [1.807, 2.05) is 48.1 Å². The molecule has 7 nitrogen and oxygen atoms in total. The van der Waals surface area contributed by atoms with Gasteiger partial charge in [0.2, 0.25) is 0 Å². The van der Waals surface area contributed by atoms with Gasteiger partial charge in [0.25, 0.3) is 0 Å². The maximum Gasteiger partial charge on any atom is 0.416 e. The highest BCUT2D eigenvalue weighted by Crippen LogP contribution is 2.32. The number of carbonyl (C=O) groups is 2. The van der Waals surface area contributed by atoms with Crippen molar-refractivity contribution < 1.29 is 41.5 Å². The summed E-state index contributed by atoms with van der Waals surface area (Å²) < 4.78 is 57.1. The second-order valence-corrected chi connectivity index (χ2v) is 9.73. The van der Waals surface area contributed by atoms with E-state index in [1.54, 1.807) is 38.1 Å². The second kappa shape index (κ2) is 12.8. The quantitative estimate of drug-likeness (QED) is 0.134. The molecule has 0 spiro atoms. The average molecular weight is 580 g/mol. The molecule has 4 aromatic rings. The van der Waals surface area contributed by atoms with Gasteiger partial charge in [-0.05, 0) is 85.6 Å². The maximum absolute atomic E-state index is 12.8. The van der Waals surface area contributed by atoms with Crippen LogP contribution in [0.3, 0.4) is 0 Å². The van der Waals surface area contributed by atoms with Gasteiger partial charge >= 0.3 is 18.1 Å². The third kappa shape index (κ3) is 7.45. The molecule has 0 unspecified atom stereocenters. The molecule has 4 rings (SSSR count). The number of hydrogen-bond acceptors (Lipinski definition) is 6. The van der Waals surface area contributed by atoms with Crippen LogP contribution < -0.4 is 23.7 Å². The summed E-state index contributed by atoms with van der Waals surface area (Å²) in [5, 5.41) is 0. The molecule has 0 saturated heterocycles. The predicted octanol–water partition coefficient (Wildman–Crippen LogP) is 6.19. The molecule has 0 amide bonds. The SMILES string of the molecule is Cc1c(OC(=O)c2ccc(OCC[n+]3ccc(N(C)C)cc3)cc2)ccc(OC(=O)c2ccc(C(F)(F)F)cc2)c1C. The predicted molar refractivity (Wildman–Crippen MR) is 150 cm³/mol. The Balaban J connectivity index is 1.32. The summed E-state index contributed by atoms with van der Waals surface area (Å²) in [6, 6.07) is 17.4. The van der Waals surface area contributed by atoms with Crippen molar-refractivity contribution in [3.05, 3.63) is 113 Å². The molecule has 42 heavy (non-hydrogen) atoms. The number of alkyl halides is 3. The van der Waals surface area contributed by atoms with E-state index in [-0.39, 0.29) is 17.1 Å². The Kier molecular flexibility index (Phi) is 9.15. The van der Waals surface area contributed by atoms with E-state index in [0.29, 0.717) is 35.6 Å². The Bertz CT molecular complexity index is 1550. The fourth-order valence-corrected chi connectivity index (χ4v) is 3.96. The third-order valence-corrected chi connectivity index (χ3v) is 6.64. The summed E-state index contributed by atoms with van der Waals surface area (Å²) >= 11 is 0. The Labute approximate surface area is 241 Å². The molecule has 0 bridgehead atoms. The first kappa shape index (κ1) is 30.1. The summed E-state index contributed by atoms with van der Waals surface area (Å²) in [4.78, 5) is 27.3. The lowest BCUT2D eigenvalue weighted by molar-refractivity contribution is -0.697. The molecular weight excluding hydrogens is 549 g/mol. The lowest BCUT2D eigenvalue weighted by Crippen LogP contribution is -2.35. The van der Waals surface area contributed by atoms with Crippen LogP contribution in [0.1, 0.15) is 37.4 Å². The first-order valence-corrected chi connectivity index (χ1v) is 13.0. The first-order chi connectivity index (χ1) is 19.9. The average Bonchev–Trinajstić information content (AvgIpc) is 2.97. The van der Waals surface area contributed by atoms with Crippen molar-refractivity contribution in [3.63, 3.8) is 0 Å². The van der Waals surface area contributed by atoms with Crippen LogP contribution in [0.2, 0.25) is 0 Å². The highest BCUT2D eigenvalue weighted by molar-refractivity contribution is 5.92. The minimum Gasteiger partial charge on any atom is -0.487 e. The van der Waals surface area contributed by atoms with Crippen LogP contribution >= 0.6 is 0 Å². The van der Waals surface area contributed by atoms with Crippen LogP contribution in [0.25, 0.3) is 0 Å². The number of carbonyl (C=O) groups excluding carboxylic acids is 2. The normalized spacial score (nSPS) is 11.1. The summed E-state index contributed by atoms with van der Waals surface area (Å²) in [5.74, 6) is -0.285. The smallest absolute Gasteiger partial charge is 0.416 e. The molecular formula is C32H30F3N2O5+. The summed E-state index contributed by atoms with van der Waals surface area (Å²) in [5.41, 5.74) is 1.65. The van der Waals surface area contributed by atoms with E-state index in [4.69, 9.17) is 14.2 Å². The van der Waals surface area contributed by atoms with Gasteiger partial charge in [0, 0.05) is 31.9 Å². The van der Waals surface area contributed by atoms with Crippen LogP contribution in [0.4, 0.5) is 18.9 Å². The highest BCUT2D eigenvalue weighted by Gasteiger charge is 2.30. The number of ether oxygens (including phenoxy) is 3. The van der Waals surface area contributed by atoms with Gasteiger partial charge < -0.3 is 19.1 Å². The molecule has 0 atom stereocenters. The monoisotopic (exact) mass is 579 g/mol. The van der Waals surface area contributed by atoms with Crippen molar-refractivity contribution in [1.29, 1.82) is 0 Å². The number of pyridine rings is 1. The number of nitrogens with zero attached hydrogens (tertiary/aromatic N) is 2. The number of esters is 2. The van der Waals surface area contributed by atoms with Crippen LogP contribution in [-0.4, -0.2) is 32.6 Å². The van der Waals surface area contributed by atoms with Gasteiger partial charge in [-0.15, -0.1) is 0 Å². The molecule has 0 aliphatic rings. The largest absolute Gasteiger partial charge is 0.487 e. The van der Waals surface area contributed by atoms with Crippen LogP contribution in [0.15, 0.2) is 85.2 Å². The van der Waals surface area contributed by atoms with Crippen LogP contribution in [0.5, 0.6) is 17.2 Å². The van der Waals surface area contributed by atoms with Gasteiger partial charge in [0.15, 0.2) is 18.9 Å². The van der Waals surface area contributed by atoms with Crippen LogP contribution in [-0.2, 0) is 12.7 Å². The Morgan fingerprint density at radius 1 is 0.738 bits per heavy atom. The van der Waals surface area contributed by atoms with E-state index < -0.39 is 23.7 Å². The molecule has 0 aliphatic heterocycles. The van der Waals surface area contributed by atoms with E-state index in [2.05, 4.69) is 0 Å². The zero-order valence-electron chi connectivity index (χ0n) is 23.6. The molecule has 0 aliphatic carbocycles. The number of benzene rings is 3. The topological polar surface area (TPSA) is 69.0 Å². The molecule has 0 radical (unpaired) electrons. The van der Waals surface area contributed by atoms with Crippen molar-refractivity contribution in [2.45, 2.75) is 26.6 Å². The zero-order valence-corrected chi connectivity index (χ0v) is 23.6. The van der Waals surface area contributed by atoms with Crippen molar-refractivity contribution in [1.82, 2.24) is 0 Å². The zero-order chi connectivity index (χ0) is 30.4. The Hall–Kier alpha value is -4.86. The molecule has 218 valence electrons. The van der Waals surface area contributed by atoms with Crippen molar-refractivity contribution in [3.8, 4) is 17.2 Å². The summed E-state index contributed by atoms with van der Waals surface area (Å²) in [6.07, 6.45) is -0.535. The number of rotatable bonds is 9. The van der Waals surface area contributed by atoms with E-state index >= 15 is 0 Å². The molecule has 1 heterocycles. The maximum atomic E-state index is 12.8. The van der Waals surface area contributed by atoms with Crippen LogP contribution in [0, 0.1) is 13.8 Å². The molecule has 0 saturated carbocycles. The van der Waals surface area contributed by atoms with Gasteiger partial charge in [0.05, 0.1) is 16.7 Å². The van der Waals surface area contributed by atoms with Crippen molar-refractivity contribution in [2.75, 3.05) is 25.6 Å². The fourth-order valence-electron chi connectivity index (χ4n) is 3.96. The standard InChI is InChI=1S/C32H30F3N2O5/c1-21-22(2)29(14-13-28(21)41-30(38)23-5-9-25(10-6-23)32(33,34)35)42-31(39)24-7-11-27(12-8-24)40-20-19-37-17-15-26(16-18-37)36(3)4/h5-18H,19-20H2,1-4H3/q+1. The van der Waals surface area contributed by atoms with E-state index in [0.717, 1.165) is 30.0 Å². The molecule has 0 N–H and O–H groups in total. The fraction of sp³-hybridized carbons (Fsp3) is 0.219. The lowest BCUT2D eigenvalue weighted by atomic mass is 10.1. The molecule has 1 aromatic heterocycles. The lowest BCUT2D eigenvalue weighted by Gasteiger charge is -2.14. The minimum atomic E-state index is -4.50. The molecule has 10 heteroatoms. The molecule has 3 aromatic carbocycles. The van der Waals surface area contributed by atoms with Crippen molar-refractivity contribution >= 4 is 17.6 Å². The van der Waals surface area contributed by atoms with Gasteiger partial charge in [0.1, 0.15) is 23.9 Å². The number of anilines is 1. The Morgan fingerprint density at radius 3 is 1.67 bits per heavy atom. The summed E-state index contributed by atoms with van der Waals surface area (Å²) in [7, 11) is 3.97. The molecule has 0 fully saturated rings. The first-order valence-electron chi connectivity index (χ1n) is 13.0. The van der Waals surface area contributed by atoms with Crippen molar-refractivity contribution in [2.24, 2.45) is 0 Å². The number of aromatic nitrogens is 1. The third-order valence-electron chi connectivity index (χ3n) is 6.64. The number of hydrogen-bond donors (Lipinski definition) is 0. The highest BCUT2D eigenvalue weighted by atomic mass is 19.4. The number of halogens is 3. The minimum absolute atomic E-state index is 0.0274. The van der Waals surface area contributed by atoms with E-state index in [1.165, 1.54) is 12.1 Å². The van der Waals surface area contributed by atoms with Gasteiger partial charge in [-0.1, -0.05) is 0 Å². The second-order valence-electron chi connectivity index (χ2n) is 9.73. The Morgan fingerprint density at radius 2 is 1.21 bits per heavy atom. The van der Waals surface area contributed by atoms with Gasteiger partial charge in [-0.2, -0.15) is 13.2 Å². The van der Waals surface area contributed by atoms with Gasteiger partial charge in [-0.25, -0.2) is 14.2 Å². The summed E-state index contributed by atoms with van der Waals surface area (Å²) in [6.45, 7) is 4.50. The van der Waals surface area contributed by atoms with Gasteiger partial charge in [-0.3, -0.25) is 0 Å². The van der Waals surface area contributed by atoms with E-state index in [9.17, 15) is 22.8 Å².